The highest BCUT2D eigenvalue weighted by Gasteiger charge is 2.54. The van der Waals surface area contributed by atoms with E-state index < -0.39 is 48.9 Å². The monoisotopic (exact) mass is 518 g/mol. The fourth-order valence-corrected chi connectivity index (χ4v) is 4.50. The summed E-state index contributed by atoms with van der Waals surface area (Å²) in [5.74, 6) is -1.17. The van der Waals surface area contributed by atoms with Gasteiger partial charge in [0.05, 0.1) is 23.8 Å². The smallest absolute Gasteiger partial charge is 0.338 e. The molecule has 0 bridgehead atoms. The van der Waals surface area contributed by atoms with Gasteiger partial charge in [-0.1, -0.05) is 66.7 Å². The van der Waals surface area contributed by atoms with Crippen LogP contribution >= 0.6 is 0 Å². The maximum Gasteiger partial charge on any atom is 0.338 e. The normalized spacial score (nSPS) is 26.8. The van der Waals surface area contributed by atoms with Crippen LogP contribution in [-0.4, -0.2) is 55.4 Å². The molecular formula is C30H30O8. The van der Waals surface area contributed by atoms with E-state index in [4.69, 9.17) is 28.4 Å². The molecule has 0 aromatic heterocycles. The third-order valence-electron chi connectivity index (χ3n) is 6.27. The Hall–Kier alpha value is -3.56. The van der Waals surface area contributed by atoms with E-state index in [0.29, 0.717) is 11.1 Å². The lowest BCUT2D eigenvalue weighted by Crippen LogP contribution is -2.64. The molecule has 8 heteroatoms. The molecule has 5 rings (SSSR count). The summed E-state index contributed by atoms with van der Waals surface area (Å²) < 4.78 is 36.5. The Morgan fingerprint density at radius 2 is 1.26 bits per heavy atom. The molecule has 2 aliphatic heterocycles. The fraction of sp³-hybridized carbons (Fsp3) is 0.333. The summed E-state index contributed by atoms with van der Waals surface area (Å²) in [6.07, 6.45) is -5.55. The number of fused-ring (bicyclic) bond motifs is 1. The molecule has 2 saturated heterocycles. The van der Waals surface area contributed by atoms with Crippen molar-refractivity contribution >= 4 is 11.9 Å². The van der Waals surface area contributed by atoms with Gasteiger partial charge >= 0.3 is 11.9 Å². The van der Waals surface area contributed by atoms with Crippen LogP contribution in [0.1, 0.15) is 46.4 Å². The first-order valence-corrected chi connectivity index (χ1v) is 12.6. The second kappa shape index (κ2) is 11.9. The van der Waals surface area contributed by atoms with Crippen molar-refractivity contribution in [3.8, 4) is 0 Å². The molecule has 6 atom stereocenters. The Kier molecular flexibility index (Phi) is 8.14. The van der Waals surface area contributed by atoms with Gasteiger partial charge in [0.2, 0.25) is 0 Å². The van der Waals surface area contributed by atoms with Crippen molar-refractivity contribution in [2.75, 3.05) is 6.61 Å². The molecule has 0 N–H and O–H groups in total. The van der Waals surface area contributed by atoms with E-state index in [9.17, 15) is 9.59 Å². The molecule has 2 fully saturated rings. The van der Waals surface area contributed by atoms with Crippen LogP contribution < -0.4 is 0 Å². The minimum atomic E-state index is -1.10. The first-order chi connectivity index (χ1) is 18.5. The van der Waals surface area contributed by atoms with Gasteiger partial charge in [0, 0.05) is 5.56 Å². The second-order valence-electron chi connectivity index (χ2n) is 9.38. The van der Waals surface area contributed by atoms with Gasteiger partial charge in [0.1, 0.15) is 12.2 Å². The van der Waals surface area contributed by atoms with Crippen LogP contribution in [0.5, 0.6) is 0 Å². The average Bonchev–Trinajstić information content (AvgIpc) is 2.95. The van der Waals surface area contributed by atoms with Crippen LogP contribution in [0.4, 0.5) is 0 Å². The summed E-state index contributed by atoms with van der Waals surface area (Å²) in [4.78, 5) is 26.4. The highest BCUT2D eigenvalue weighted by atomic mass is 16.8. The van der Waals surface area contributed by atoms with E-state index in [1.807, 2.05) is 50.2 Å². The van der Waals surface area contributed by atoms with Crippen LogP contribution in [0.25, 0.3) is 0 Å². The molecule has 0 radical (unpaired) electrons. The molecule has 0 aliphatic carbocycles. The summed E-state index contributed by atoms with van der Waals surface area (Å²) in [5.41, 5.74) is 1.51. The average molecular weight is 519 g/mol. The van der Waals surface area contributed by atoms with Crippen molar-refractivity contribution in [2.45, 2.75) is 56.9 Å². The van der Waals surface area contributed by atoms with Crippen LogP contribution in [0.2, 0.25) is 0 Å². The van der Waals surface area contributed by atoms with Crippen LogP contribution in [0, 0.1) is 0 Å². The molecule has 2 aliphatic rings. The highest BCUT2D eigenvalue weighted by molar-refractivity contribution is 5.90. The number of hydrogen-bond acceptors (Lipinski definition) is 8. The fourth-order valence-electron chi connectivity index (χ4n) is 4.50. The predicted octanol–water partition coefficient (Wildman–Crippen LogP) is 4.70. The highest BCUT2D eigenvalue weighted by Crippen LogP contribution is 2.37. The second-order valence-corrected chi connectivity index (χ2v) is 9.38. The minimum Gasteiger partial charge on any atom is -0.452 e. The molecule has 198 valence electrons. The molecule has 2 heterocycles. The zero-order valence-corrected chi connectivity index (χ0v) is 21.2. The quantitative estimate of drug-likeness (QED) is 0.416. The number of rotatable bonds is 7. The van der Waals surface area contributed by atoms with Gasteiger partial charge in [-0.2, -0.15) is 0 Å². The molecule has 8 nitrogen and oxygen atoms in total. The van der Waals surface area contributed by atoms with Crippen molar-refractivity contribution in [1.82, 2.24) is 0 Å². The maximum atomic E-state index is 13.2. The maximum absolute atomic E-state index is 13.2. The lowest BCUT2D eigenvalue weighted by atomic mass is 9.96. The molecule has 38 heavy (non-hydrogen) atoms. The molecule has 0 saturated carbocycles. The number of carbonyl (C=O) groups excluding carboxylic acids is 2. The third kappa shape index (κ3) is 5.95. The summed E-state index contributed by atoms with van der Waals surface area (Å²) in [6.45, 7) is 3.85. The van der Waals surface area contributed by atoms with Crippen molar-refractivity contribution in [3.63, 3.8) is 0 Å². The van der Waals surface area contributed by atoms with Crippen LogP contribution in [-0.2, 0) is 28.4 Å². The Bertz CT molecular complexity index is 1200. The van der Waals surface area contributed by atoms with E-state index in [1.165, 1.54) is 0 Å². The molecule has 0 amide bonds. The zero-order valence-electron chi connectivity index (χ0n) is 21.2. The topological polar surface area (TPSA) is 89.5 Å². The summed E-state index contributed by atoms with van der Waals surface area (Å²) in [5, 5.41) is 0. The standard InChI is InChI=1S/C30H30O8/c1-19(2)34-30-26(37-28(32)21-14-8-4-9-15-21)25(36-27(31)20-12-6-3-7-13-20)24-23(35-30)18-33-29(38-24)22-16-10-5-11-17-22/h3-17,19,23-26,29-30H,18H2,1-2H3/t23-,24-,25+,26-,29?,30-/m1/s1. The summed E-state index contributed by atoms with van der Waals surface area (Å²) in [6, 6.07) is 26.6. The van der Waals surface area contributed by atoms with Gasteiger partial charge in [-0.3, -0.25) is 0 Å². The summed E-state index contributed by atoms with van der Waals surface area (Å²) >= 11 is 0. The Labute approximate surface area is 221 Å². The van der Waals surface area contributed by atoms with Crippen LogP contribution in [0.3, 0.4) is 0 Å². The van der Waals surface area contributed by atoms with Gasteiger partial charge in [0.25, 0.3) is 0 Å². The zero-order chi connectivity index (χ0) is 26.5. The van der Waals surface area contributed by atoms with E-state index >= 15 is 0 Å². The lowest BCUT2D eigenvalue weighted by molar-refractivity contribution is -0.363. The number of ether oxygens (including phenoxy) is 6. The molecule has 3 aromatic rings. The van der Waals surface area contributed by atoms with Gasteiger partial charge in [0.15, 0.2) is 24.8 Å². The minimum absolute atomic E-state index is 0.168. The van der Waals surface area contributed by atoms with Crippen molar-refractivity contribution < 1.29 is 38.0 Å². The van der Waals surface area contributed by atoms with E-state index in [0.717, 1.165) is 5.56 Å². The molecular weight excluding hydrogens is 488 g/mol. The molecule has 0 spiro atoms. The summed E-state index contributed by atoms with van der Waals surface area (Å²) in [7, 11) is 0. The Morgan fingerprint density at radius 3 is 1.82 bits per heavy atom. The number of benzene rings is 3. The first-order valence-electron chi connectivity index (χ1n) is 12.6. The number of esters is 2. The van der Waals surface area contributed by atoms with Crippen molar-refractivity contribution in [1.29, 1.82) is 0 Å². The van der Waals surface area contributed by atoms with Crippen molar-refractivity contribution in [2.24, 2.45) is 0 Å². The van der Waals surface area contributed by atoms with Gasteiger partial charge in [-0.15, -0.1) is 0 Å². The Morgan fingerprint density at radius 1 is 0.737 bits per heavy atom. The first kappa shape index (κ1) is 26.1. The van der Waals surface area contributed by atoms with E-state index in [-0.39, 0.29) is 12.7 Å². The van der Waals surface area contributed by atoms with Gasteiger partial charge in [-0.25, -0.2) is 9.59 Å². The molecule has 1 unspecified atom stereocenters. The lowest BCUT2D eigenvalue weighted by Gasteiger charge is -2.48. The predicted molar refractivity (Wildman–Crippen MR) is 136 cm³/mol. The van der Waals surface area contributed by atoms with Crippen molar-refractivity contribution in [3.05, 3.63) is 108 Å². The van der Waals surface area contributed by atoms with E-state index in [2.05, 4.69) is 0 Å². The largest absolute Gasteiger partial charge is 0.452 e. The SMILES string of the molecule is CC(C)O[C@@H]1O[C@@H]2COC(c3ccccc3)O[C@H]2[C@H](OC(=O)c2ccccc2)[C@H]1OC(=O)c1ccccc1. The van der Waals surface area contributed by atoms with Gasteiger partial charge < -0.3 is 28.4 Å². The van der Waals surface area contributed by atoms with E-state index in [1.54, 1.807) is 54.6 Å². The Balaban J connectivity index is 1.48. The van der Waals surface area contributed by atoms with Gasteiger partial charge in [-0.05, 0) is 38.1 Å². The van der Waals surface area contributed by atoms with Crippen LogP contribution in [0.15, 0.2) is 91.0 Å². The third-order valence-corrected chi connectivity index (χ3v) is 6.27. The number of carbonyl (C=O) groups is 2. The number of hydrogen-bond donors (Lipinski definition) is 0. The molecule has 3 aromatic carbocycles.